The zero-order valence-electron chi connectivity index (χ0n) is 12.2. The Morgan fingerprint density at radius 2 is 1.78 bits per heavy atom. The van der Waals surface area contributed by atoms with Crippen LogP contribution in [0.15, 0.2) is 0 Å². The Morgan fingerprint density at radius 3 is 2.17 bits per heavy atom. The zero-order valence-corrected chi connectivity index (χ0v) is 12.2. The van der Waals surface area contributed by atoms with Gasteiger partial charge < -0.3 is 14.8 Å². The van der Waals surface area contributed by atoms with Gasteiger partial charge in [-0.05, 0) is 33.1 Å². The Balaban J connectivity index is 4.48. The predicted octanol–water partition coefficient (Wildman–Crippen LogP) is 2.49. The van der Waals surface area contributed by atoms with Crippen molar-refractivity contribution in [2.45, 2.75) is 59.6 Å². The van der Waals surface area contributed by atoms with Gasteiger partial charge in [-0.2, -0.15) is 0 Å². The van der Waals surface area contributed by atoms with E-state index >= 15 is 0 Å². The SMILES string of the molecule is CCCOC(=O)N[C@@H](C(=O)OC(C)(C)C)C(C)C. The molecule has 0 aromatic rings. The van der Waals surface area contributed by atoms with Crippen LogP contribution in [0.5, 0.6) is 0 Å². The summed E-state index contributed by atoms with van der Waals surface area (Å²) in [7, 11) is 0. The van der Waals surface area contributed by atoms with Crippen LogP contribution < -0.4 is 5.32 Å². The van der Waals surface area contributed by atoms with Crippen LogP contribution in [0.4, 0.5) is 4.79 Å². The van der Waals surface area contributed by atoms with Crippen LogP contribution in [0.2, 0.25) is 0 Å². The Labute approximate surface area is 109 Å². The fraction of sp³-hybridized carbons (Fsp3) is 0.846. The molecule has 0 saturated heterocycles. The predicted molar refractivity (Wildman–Crippen MR) is 69.2 cm³/mol. The molecule has 0 aliphatic heterocycles. The number of carbonyl (C=O) groups is 2. The molecule has 1 amide bonds. The monoisotopic (exact) mass is 259 g/mol. The summed E-state index contributed by atoms with van der Waals surface area (Å²) >= 11 is 0. The molecule has 0 aromatic heterocycles. The molecule has 0 bridgehead atoms. The van der Waals surface area contributed by atoms with Gasteiger partial charge in [-0.1, -0.05) is 20.8 Å². The minimum atomic E-state index is -0.686. The molecule has 0 fully saturated rings. The molecule has 18 heavy (non-hydrogen) atoms. The van der Waals surface area contributed by atoms with Crippen LogP contribution in [0.25, 0.3) is 0 Å². The van der Waals surface area contributed by atoms with Crippen molar-refractivity contribution in [3.8, 4) is 0 Å². The highest BCUT2D eigenvalue weighted by molar-refractivity contribution is 5.81. The standard InChI is InChI=1S/C13H25NO4/c1-7-8-17-12(16)14-10(9(2)3)11(15)18-13(4,5)6/h9-10H,7-8H2,1-6H3,(H,14,16)/t10-/m1/s1. The largest absolute Gasteiger partial charge is 0.458 e. The topological polar surface area (TPSA) is 64.6 Å². The van der Waals surface area contributed by atoms with Crippen molar-refractivity contribution in [1.29, 1.82) is 0 Å². The van der Waals surface area contributed by atoms with E-state index in [2.05, 4.69) is 5.32 Å². The summed E-state index contributed by atoms with van der Waals surface area (Å²) in [5, 5.41) is 2.54. The third kappa shape index (κ3) is 7.14. The quantitative estimate of drug-likeness (QED) is 0.770. The molecule has 0 unspecified atom stereocenters. The van der Waals surface area contributed by atoms with E-state index in [4.69, 9.17) is 9.47 Å². The van der Waals surface area contributed by atoms with Crippen LogP contribution in [-0.2, 0) is 14.3 Å². The van der Waals surface area contributed by atoms with Crippen molar-refractivity contribution < 1.29 is 19.1 Å². The fourth-order valence-electron chi connectivity index (χ4n) is 1.23. The summed E-state index contributed by atoms with van der Waals surface area (Å²) in [6, 6.07) is -0.686. The lowest BCUT2D eigenvalue weighted by molar-refractivity contribution is -0.158. The number of esters is 1. The van der Waals surface area contributed by atoms with Crippen LogP contribution in [0.1, 0.15) is 48.0 Å². The molecular weight excluding hydrogens is 234 g/mol. The van der Waals surface area contributed by atoms with Crippen LogP contribution in [-0.4, -0.2) is 30.3 Å². The Bertz CT molecular complexity index is 281. The van der Waals surface area contributed by atoms with E-state index in [1.807, 2.05) is 20.8 Å². The van der Waals surface area contributed by atoms with Crippen molar-refractivity contribution >= 4 is 12.1 Å². The number of hydrogen-bond acceptors (Lipinski definition) is 4. The highest BCUT2D eigenvalue weighted by atomic mass is 16.6. The molecule has 0 heterocycles. The molecule has 0 aliphatic carbocycles. The van der Waals surface area contributed by atoms with Gasteiger partial charge in [-0.25, -0.2) is 9.59 Å². The van der Waals surface area contributed by atoms with Gasteiger partial charge >= 0.3 is 12.1 Å². The van der Waals surface area contributed by atoms with Gasteiger partial charge in [0.2, 0.25) is 0 Å². The molecule has 1 N–H and O–H groups in total. The molecule has 0 radical (unpaired) electrons. The summed E-state index contributed by atoms with van der Waals surface area (Å²) in [4.78, 5) is 23.4. The highest BCUT2D eigenvalue weighted by Crippen LogP contribution is 2.12. The fourth-order valence-corrected chi connectivity index (χ4v) is 1.23. The first kappa shape index (κ1) is 16.7. The van der Waals surface area contributed by atoms with Crippen LogP contribution in [0, 0.1) is 5.92 Å². The van der Waals surface area contributed by atoms with Gasteiger partial charge in [0.05, 0.1) is 6.61 Å². The number of hydrogen-bond donors (Lipinski definition) is 1. The number of rotatable bonds is 5. The maximum Gasteiger partial charge on any atom is 0.407 e. The molecule has 5 heteroatoms. The molecule has 106 valence electrons. The van der Waals surface area contributed by atoms with Gasteiger partial charge in [0.1, 0.15) is 11.6 Å². The lowest BCUT2D eigenvalue weighted by Gasteiger charge is -2.26. The average Bonchev–Trinajstić information content (AvgIpc) is 2.19. The number of nitrogens with one attached hydrogen (secondary N) is 1. The van der Waals surface area contributed by atoms with Crippen molar-refractivity contribution in [1.82, 2.24) is 5.32 Å². The molecule has 1 atom stereocenters. The summed E-state index contributed by atoms with van der Waals surface area (Å²) in [6.45, 7) is 11.3. The molecule has 0 spiro atoms. The molecular formula is C13H25NO4. The van der Waals surface area contributed by atoms with Gasteiger partial charge in [-0.3, -0.25) is 0 Å². The van der Waals surface area contributed by atoms with E-state index in [0.717, 1.165) is 6.42 Å². The number of carbonyl (C=O) groups excluding carboxylic acids is 2. The first-order valence-electron chi connectivity index (χ1n) is 6.33. The minimum absolute atomic E-state index is 0.0611. The van der Waals surface area contributed by atoms with Crippen molar-refractivity contribution in [2.24, 2.45) is 5.92 Å². The summed E-state index contributed by atoms with van der Waals surface area (Å²) in [5.74, 6) is -0.500. The zero-order chi connectivity index (χ0) is 14.3. The lowest BCUT2D eigenvalue weighted by Crippen LogP contribution is -2.47. The summed E-state index contributed by atoms with van der Waals surface area (Å²) < 4.78 is 10.2. The van der Waals surface area contributed by atoms with E-state index in [-0.39, 0.29) is 5.92 Å². The molecule has 0 aromatic carbocycles. The molecule has 5 nitrogen and oxygen atoms in total. The van der Waals surface area contributed by atoms with E-state index in [1.54, 1.807) is 20.8 Å². The maximum absolute atomic E-state index is 11.9. The second kappa shape index (κ2) is 7.24. The van der Waals surface area contributed by atoms with Gasteiger partial charge in [0.25, 0.3) is 0 Å². The highest BCUT2D eigenvalue weighted by Gasteiger charge is 2.29. The summed E-state index contributed by atoms with van der Waals surface area (Å²) in [5.41, 5.74) is -0.570. The number of amides is 1. The van der Waals surface area contributed by atoms with Crippen molar-refractivity contribution in [2.75, 3.05) is 6.61 Å². The third-order valence-corrected chi connectivity index (χ3v) is 2.04. The Hall–Kier alpha value is -1.26. The lowest BCUT2D eigenvalue weighted by atomic mass is 10.0. The van der Waals surface area contributed by atoms with Crippen molar-refractivity contribution in [3.63, 3.8) is 0 Å². The van der Waals surface area contributed by atoms with Crippen LogP contribution in [0.3, 0.4) is 0 Å². The first-order chi connectivity index (χ1) is 8.17. The number of ether oxygens (including phenoxy) is 2. The second-order valence-electron chi connectivity index (χ2n) is 5.54. The van der Waals surface area contributed by atoms with Gasteiger partial charge in [-0.15, -0.1) is 0 Å². The van der Waals surface area contributed by atoms with E-state index in [9.17, 15) is 9.59 Å². The Kier molecular flexibility index (Phi) is 6.73. The third-order valence-electron chi connectivity index (χ3n) is 2.04. The van der Waals surface area contributed by atoms with E-state index in [1.165, 1.54) is 0 Å². The van der Waals surface area contributed by atoms with Gasteiger partial charge in [0.15, 0.2) is 0 Å². The Morgan fingerprint density at radius 1 is 1.22 bits per heavy atom. The molecule has 0 rings (SSSR count). The van der Waals surface area contributed by atoms with Crippen molar-refractivity contribution in [3.05, 3.63) is 0 Å². The second-order valence-corrected chi connectivity index (χ2v) is 5.54. The maximum atomic E-state index is 11.9. The van der Waals surface area contributed by atoms with E-state index in [0.29, 0.717) is 6.61 Å². The smallest absolute Gasteiger partial charge is 0.407 e. The molecule has 0 saturated carbocycles. The first-order valence-corrected chi connectivity index (χ1v) is 6.33. The normalized spacial score (nSPS) is 13.1. The van der Waals surface area contributed by atoms with E-state index < -0.39 is 23.7 Å². The molecule has 0 aliphatic rings. The average molecular weight is 259 g/mol. The number of alkyl carbamates (subject to hydrolysis) is 1. The summed E-state index contributed by atoms with van der Waals surface area (Å²) in [6.07, 6.45) is 0.160. The van der Waals surface area contributed by atoms with Gasteiger partial charge in [0, 0.05) is 0 Å². The minimum Gasteiger partial charge on any atom is -0.458 e. The van der Waals surface area contributed by atoms with Crippen LogP contribution >= 0.6 is 0 Å².